The van der Waals surface area contributed by atoms with Gasteiger partial charge in [-0.25, -0.2) is 0 Å². The molecule has 1 fully saturated rings. The van der Waals surface area contributed by atoms with Crippen LogP contribution in [0.4, 0.5) is 5.69 Å². The lowest BCUT2D eigenvalue weighted by atomic mass is 10.2. The maximum absolute atomic E-state index is 5.56. The van der Waals surface area contributed by atoms with E-state index in [-0.39, 0.29) is 0 Å². The summed E-state index contributed by atoms with van der Waals surface area (Å²) in [5.74, 6) is 0.916. The molecule has 2 rings (SSSR count). The van der Waals surface area contributed by atoms with Crippen molar-refractivity contribution in [2.75, 3.05) is 38.2 Å². The molecule has 1 saturated heterocycles. The van der Waals surface area contributed by atoms with Gasteiger partial charge in [-0.3, -0.25) is 0 Å². The summed E-state index contributed by atoms with van der Waals surface area (Å²) in [6.45, 7) is 6.43. The molecule has 4 heteroatoms. The van der Waals surface area contributed by atoms with Crippen LogP contribution < -0.4 is 15.4 Å². The Morgan fingerprint density at radius 1 is 1.37 bits per heavy atom. The van der Waals surface area contributed by atoms with Gasteiger partial charge in [0.25, 0.3) is 0 Å². The predicted molar refractivity (Wildman–Crippen MR) is 77.9 cm³/mol. The minimum atomic E-state index is 0.418. The molecule has 1 aromatic carbocycles. The van der Waals surface area contributed by atoms with Gasteiger partial charge in [-0.1, -0.05) is 6.07 Å². The summed E-state index contributed by atoms with van der Waals surface area (Å²) in [6, 6.07) is 8.07. The van der Waals surface area contributed by atoms with Crippen molar-refractivity contribution in [3.63, 3.8) is 0 Å². The highest BCUT2D eigenvalue weighted by molar-refractivity contribution is 5.48. The highest BCUT2D eigenvalue weighted by atomic mass is 16.5. The van der Waals surface area contributed by atoms with Crippen LogP contribution in [0.25, 0.3) is 0 Å². The molecule has 0 spiro atoms. The van der Waals surface area contributed by atoms with Gasteiger partial charge in [0.15, 0.2) is 0 Å². The van der Waals surface area contributed by atoms with Gasteiger partial charge < -0.3 is 20.1 Å². The Balaban J connectivity index is 1.60. The summed E-state index contributed by atoms with van der Waals surface area (Å²) in [6.07, 6.45) is 2.81. The first-order valence-electron chi connectivity index (χ1n) is 7.17. The van der Waals surface area contributed by atoms with Gasteiger partial charge in [0.1, 0.15) is 5.75 Å². The highest BCUT2D eigenvalue weighted by Gasteiger charge is 2.13. The molecule has 106 valence electrons. The van der Waals surface area contributed by atoms with Crippen LogP contribution in [0.15, 0.2) is 24.3 Å². The summed E-state index contributed by atoms with van der Waals surface area (Å²) < 4.78 is 11.0. The Hall–Kier alpha value is -1.26. The first-order chi connectivity index (χ1) is 9.38. The highest BCUT2D eigenvalue weighted by Crippen LogP contribution is 2.16. The third-order valence-electron chi connectivity index (χ3n) is 3.17. The van der Waals surface area contributed by atoms with E-state index in [4.69, 9.17) is 9.47 Å². The number of ether oxygens (including phenoxy) is 2. The molecule has 4 nitrogen and oxygen atoms in total. The van der Waals surface area contributed by atoms with E-state index in [9.17, 15) is 0 Å². The van der Waals surface area contributed by atoms with Crippen molar-refractivity contribution in [2.45, 2.75) is 25.9 Å². The molecule has 0 amide bonds. The zero-order valence-electron chi connectivity index (χ0n) is 11.7. The molecule has 1 aliphatic heterocycles. The van der Waals surface area contributed by atoms with Gasteiger partial charge in [0.2, 0.25) is 0 Å². The number of hydrogen-bond donors (Lipinski definition) is 2. The lowest BCUT2D eigenvalue weighted by Gasteiger charge is -2.12. The maximum atomic E-state index is 5.56. The molecule has 1 aromatic rings. The fraction of sp³-hybridized carbons (Fsp3) is 0.600. The molecular formula is C15H24N2O2. The molecule has 2 N–H and O–H groups in total. The van der Waals surface area contributed by atoms with Crippen LogP contribution in [0.2, 0.25) is 0 Å². The average molecular weight is 264 g/mol. The Labute approximate surface area is 115 Å². The summed E-state index contributed by atoms with van der Waals surface area (Å²) in [4.78, 5) is 0. The van der Waals surface area contributed by atoms with E-state index >= 15 is 0 Å². The number of hydrogen-bond acceptors (Lipinski definition) is 4. The normalized spacial score (nSPS) is 18.5. The van der Waals surface area contributed by atoms with Crippen LogP contribution >= 0.6 is 0 Å². The van der Waals surface area contributed by atoms with Crippen molar-refractivity contribution < 1.29 is 9.47 Å². The largest absolute Gasteiger partial charge is 0.494 e. The first kappa shape index (κ1) is 14.2. The summed E-state index contributed by atoms with van der Waals surface area (Å²) in [7, 11) is 0. The molecule has 1 aliphatic rings. The molecular weight excluding hydrogens is 240 g/mol. The molecule has 1 atom stereocenters. The summed E-state index contributed by atoms with van der Waals surface area (Å²) in [5.41, 5.74) is 1.10. The second-order valence-corrected chi connectivity index (χ2v) is 4.73. The Kier molecular flexibility index (Phi) is 5.98. The minimum absolute atomic E-state index is 0.418. The van der Waals surface area contributed by atoms with E-state index in [1.165, 1.54) is 12.8 Å². The van der Waals surface area contributed by atoms with E-state index in [1.54, 1.807) is 0 Å². The third-order valence-corrected chi connectivity index (χ3v) is 3.17. The molecule has 1 heterocycles. The van der Waals surface area contributed by atoms with Gasteiger partial charge in [-0.15, -0.1) is 0 Å². The monoisotopic (exact) mass is 264 g/mol. The lowest BCUT2D eigenvalue weighted by molar-refractivity contribution is 0.110. The number of rotatable bonds is 8. The zero-order valence-corrected chi connectivity index (χ0v) is 11.7. The quantitative estimate of drug-likeness (QED) is 0.707. The minimum Gasteiger partial charge on any atom is -0.494 e. The van der Waals surface area contributed by atoms with E-state index in [0.717, 1.165) is 37.7 Å². The Bertz CT molecular complexity index is 365. The second kappa shape index (κ2) is 8.02. The van der Waals surface area contributed by atoms with Gasteiger partial charge >= 0.3 is 0 Å². The molecule has 19 heavy (non-hydrogen) atoms. The maximum Gasteiger partial charge on any atom is 0.121 e. The standard InChI is InChI=1S/C15H24N2O2/c1-2-18-14-6-3-5-13(11-14)17-9-8-16-12-15-7-4-10-19-15/h3,5-6,11,15-17H,2,4,7-10,12H2,1H3. The summed E-state index contributed by atoms with van der Waals surface area (Å²) in [5, 5.41) is 6.80. The number of nitrogens with one attached hydrogen (secondary N) is 2. The van der Waals surface area contributed by atoms with Crippen LogP contribution in [-0.2, 0) is 4.74 Å². The van der Waals surface area contributed by atoms with E-state index in [2.05, 4.69) is 16.7 Å². The fourth-order valence-electron chi connectivity index (χ4n) is 2.23. The molecule has 0 saturated carbocycles. The molecule has 0 bridgehead atoms. The zero-order chi connectivity index (χ0) is 13.3. The first-order valence-corrected chi connectivity index (χ1v) is 7.17. The number of benzene rings is 1. The fourth-order valence-corrected chi connectivity index (χ4v) is 2.23. The second-order valence-electron chi connectivity index (χ2n) is 4.73. The van der Waals surface area contributed by atoms with Crippen LogP contribution in [0.3, 0.4) is 0 Å². The SMILES string of the molecule is CCOc1cccc(NCCNCC2CCCO2)c1. The van der Waals surface area contributed by atoms with Crippen molar-refractivity contribution >= 4 is 5.69 Å². The van der Waals surface area contributed by atoms with Gasteiger partial charge in [0.05, 0.1) is 12.7 Å². The molecule has 0 aliphatic carbocycles. The third kappa shape index (κ3) is 5.09. The van der Waals surface area contributed by atoms with E-state index in [0.29, 0.717) is 12.7 Å². The van der Waals surface area contributed by atoms with Gasteiger partial charge in [0, 0.05) is 38.0 Å². The van der Waals surface area contributed by atoms with Gasteiger partial charge in [-0.05, 0) is 31.9 Å². The van der Waals surface area contributed by atoms with Crippen LogP contribution in [0.1, 0.15) is 19.8 Å². The number of anilines is 1. The molecule has 1 unspecified atom stereocenters. The van der Waals surface area contributed by atoms with E-state index in [1.807, 2.05) is 25.1 Å². The summed E-state index contributed by atoms with van der Waals surface area (Å²) >= 11 is 0. The van der Waals surface area contributed by atoms with Crippen molar-refractivity contribution in [2.24, 2.45) is 0 Å². The molecule has 0 radical (unpaired) electrons. The average Bonchev–Trinajstić information content (AvgIpc) is 2.92. The topological polar surface area (TPSA) is 42.5 Å². The van der Waals surface area contributed by atoms with Crippen molar-refractivity contribution in [1.82, 2.24) is 5.32 Å². The van der Waals surface area contributed by atoms with E-state index < -0.39 is 0 Å². The van der Waals surface area contributed by atoms with Crippen molar-refractivity contribution in [1.29, 1.82) is 0 Å². The predicted octanol–water partition coefficient (Wildman–Crippen LogP) is 2.27. The van der Waals surface area contributed by atoms with Gasteiger partial charge in [-0.2, -0.15) is 0 Å². The smallest absolute Gasteiger partial charge is 0.121 e. The van der Waals surface area contributed by atoms with Crippen LogP contribution in [0, 0.1) is 0 Å². The Morgan fingerprint density at radius 2 is 2.32 bits per heavy atom. The van der Waals surface area contributed by atoms with Crippen molar-refractivity contribution in [3.8, 4) is 5.75 Å². The van der Waals surface area contributed by atoms with Crippen LogP contribution in [0.5, 0.6) is 5.75 Å². The Morgan fingerprint density at radius 3 is 3.11 bits per heavy atom. The molecule has 0 aromatic heterocycles. The lowest BCUT2D eigenvalue weighted by Crippen LogP contribution is -2.30. The van der Waals surface area contributed by atoms with Crippen LogP contribution in [-0.4, -0.2) is 39.0 Å². The van der Waals surface area contributed by atoms with Crippen molar-refractivity contribution in [3.05, 3.63) is 24.3 Å².